The molecule has 1 aromatic carbocycles. The summed E-state index contributed by atoms with van der Waals surface area (Å²) < 4.78 is 6.91. The zero-order chi connectivity index (χ0) is 19.5. The van der Waals surface area contributed by atoms with E-state index in [1.807, 2.05) is 54.3 Å². The summed E-state index contributed by atoms with van der Waals surface area (Å²) in [6.07, 6.45) is 2.19. The molecule has 0 N–H and O–H groups in total. The van der Waals surface area contributed by atoms with Crippen molar-refractivity contribution in [1.29, 1.82) is 0 Å². The van der Waals surface area contributed by atoms with Crippen LogP contribution in [0.4, 0.5) is 0 Å². The van der Waals surface area contributed by atoms with Crippen molar-refractivity contribution in [2.24, 2.45) is 0 Å². The SMILES string of the molecule is COCCN1CC(c2nc(-c3ccccc3)nn2-c2cc(C)ccn2)CC1=O. The van der Waals surface area contributed by atoms with Gasteiger partial charge < -0.3 is 9.64 Å². The summed E-state index contributed by atoms with van der Waals surface area (Å²) in [7, 11) is 1.64. The molecule has 0 bridgehead atoms. The highest BCUT2D eigenvalue weighted by Crippen LogP contribution is 2.30. The second-order valence-electron chi connectivity index (χ2n) is 7.00. The van der Waals surface area contributed by atoms with Gasteiger partial charge in [0.2, 0.25) is 5.91 Å². The number of hydrogen-bond acceptors (Lipinski definition) is 5. The van der Waals surface area contributed by atoms with Crippen LogP contribution < -0.4 is 0 Å². The number of amides is 1. The summed E-state index contributed by atoms with van der Waals surface area (Å²) in [5.74, 6) is 2.21. The largest absolute Gasteiger partial charge is 0.383 e. The fraction of sp³-hybridized carbons (Fsp3) is 0.333. The van der Waals surface area contributed by atoms with Gasteiger partial charge in [-0.05, 0) is 24.6 Å². The highest BCUT2D eigenvalue weighted by atomic mass is 16.5. The maximum atomic E-state index is 12.4. The van der Waals surface area contributed by atoms with Crippen molar-refractivity contribution in [3.8, 4) is 17.2 Å². The van der Waals surface area contributed by atoms with Gasteiger partial charge in [0.1, 0.15) is 5.82 Å². The number of carbonyl (C=O) groups is 1. The second kappa shape index (κ2) is 7.90. The summed E-state index contributed by atoms with van der Waals surface area (Å²) >= 11 is 0. The molecule has 2 aromatic heterocycles. The van der Waals surface area contributed by atoms with Gasteiger partial charge in [0.05, 0.1) is 6.61 Å². The van der Waals surface area contributed by atoms with E-state index >= 15 is 0 Å². The number of carbonyl (C=O) groups excluding carboxylic acids is 1. The Balaban J connectivity index is 1.73. The number of rotatable bonds is 6. The van der Waals surface area contributed by atoms with Gasteiger partial charge in [-0.25, -0.2) is 9.97 Å². The van der Waals surface area contributed by atoms with E-state index in [9.17, 15) is 4.79 Å². The van der Waals surface area contributed by atoms with E-state index in [4.69, 9.17) is 14.8 Å². The molecule has 1 aliphatic rings. The van der Waals surface area contributed by atoms with Crippen molar-refractivity contribution in [3.05, 3.63) is 60.0 Å². The molecular formula is C21H23N5O2. The Morgan fingerprint density at radius 3 is 2.79 bits per heavy atom. The number of hydrogen-bond donors (Lipinski definition) is 0. The van der Waals surface area contributed by atoms with Crippen molar-refractivity contribution in [1.82, 2.24) is 24.6 Å². The van der Waals surface area contributed by atoms with Crippen molar-refractivity contribution >= 4 is 5.91 Å². The van der Waals surface area contributed by atoms with Gasteiger partial charge in [-0.3, -0.25) is 4.79 Å². The standard InChI is InChI=1S/C21H23N5O2/c1-15-8-9-22-18(12-15)26-21(17-13-19(27)25(14-17)10-11-28-2)23-20(24-26)16-6-4-3-5-7-16/h3-9,12,17H,10-11,13-14H2,1-2H3. The van der Waals surface area contributed by atoms with Crippen molar-refractivity contribution < 1.29 is 9.53 Å². The first-order valence-electron chi connectivity index (χ1n) is 9.38. The highest BCUT2D eigenvalue weighted by molar-refractivity contribution is 5.79. The van der Waals surface area contributed by atoms with E-state index in [0.717, 1.165) is 17.0 Å². The molecule has 7 nitrogen and oxygen atoms in total. The van der Waals surface area contributed by atoms with Crippen LogP contribution in [0.1, 0.15) is 23.7 Å². The third-order valence-corrected chi connectivity index (χ3v) is 4.93. The van der Waals surface area contributed by atoms with Crippen LogP contribution in [-0.2, 0) is 9.53 Å². The maximum absolute atomic E-state index is 12.4. The van der Waals surface area contributed by atoms with Gasteiger partial charge in [0.15, 0.2) is 11.6 Å². The monoisotopic (exact) mass is 377 g/mol. The second-order valence-corrected chi connectivity index (χ2v) is 7.00. The normalized spacial score (nSPS) is 16.7. The quantitative estimate of drug-likeness (QED) is 0.660. The molecule has 1 saturated heterocycles. The van der Waals surface area contributed by atoms with Crippen LogP contribution in [0, 0.1) is 6.92 Å². The van der Waals surface area contributed by atoms with Gasteiger partial charge in [-0.15, -0.1) is 5.10 Å². The van der Waals surface area contributed by atoms with Crippen LogP contribution in [-0.4, -0.2) is 57.4 Å². The zero-order valence-corrected chi connectivity index (χ0v) is 16.1. The number of benzene rings is 1. The number of nitrogens with zero attached hydrogens (tertiary/aromatic N) is 5. The molecule has 28 heavy (non-hydrogen) atoms. The highest BCUT2D eigenvalue weighted by Gasteiger charge is 2.34. The summed E-state index contributed by atoms with van der Waals surface area (Å²) in [5, 5.41) is 4.74. The molecule has 3 aromatic rings. The van der Waals surface area contributed by atoms with Crippen LogP contribution >= 0.6 is 0 Å². The van der Waals surface area contributed by atoms with E-state index in [1.165, 1.54) is 0 Å². The lowest BCUT2D eigenvalue weighted by Gasteiger charge is -2.15. The molecule has 1 fully saturated rings. The topological polar surface area (TPSA) is 73.1 Å². The van der Waals surface area contributed by atoms with Gasteiger partial charge in [-0.1, -0.05) is 30.3 Å². The average molecular weight is 377 g/mol. The molecule has 0 spiro atoms. The zero-order valence-electron chi connectivity index (χ0n) is 16.1. The van der Waals surface area contributed by atoms with Crippen molar-refractivity contribution in [3.63, 3.8) is 0 Å². The molecule has 3 heterocycles. The lowest BCUT2D eigenvalue weighted by molar-refractivity contribution is -0.128. The van der Waals surface area contributed by atoms with Crippen LogP contribution in [0.5, 0.6) is 0 Å². The Bertz CT molecular complexity index is 970. The number of aromatic nitrogens is 4. The van der Waals surface area contributed by atoms with Crippen LogP contribution in [0.3, 0.4) is 0 Å². The number of aryl methyl sites for hydroxylation is 1. The molecule has 1 aliphatic heterocycles. The molecule has 0 aliphatic carbocycles. The molecule has 7 heteroatoms. The predicted octanol–water partition coefficient (Wildman–Crippen LogP) is 2.60. The minimum atomic E-state index is -0.0309. The third-order valence-electron chi connectivity index (χ3n) is 4.93. The Hall–Kier alpha value is -3.06. The number of ether oxygens (including phenoxy) is 1. The van der Waals surface area contributed by atoms with E-state index in [1.54, 1.807) is 18.0 Å². The number of likely N-dealkylation sites (tertiary alicyclic amines) is 1. The molecule has 1 unspecified atom stereocenters. The molecule has 0 radical (unpaired) electrons. The minimum absolute atomic E-state index is 0.0309. The molecule has 0 saturated carbocycles. The van der Waals surface area contributed by atoms with E-state index in [0.29, 0.717) is 37.8 Å². The number of methoxy groups -OCH3 is 1. The van der Waals surface area contributed by atoms with Crippen LogP contribution in [0.15, 0.2) is 48.7 Å². The fourth-order valence-electron chi connectivity index (χ4n) is 3.47. The van der Waals surface area contributed by atoms with Gasteiger partial charge in [0.25, 0.3) is 0 Å². The third kappa shape index (κ3) is 3.66. The van der Waals surface area contributed by atoms with Crippen LogP contribution in [0.2, 0.25) is 0 Å². The summed E-state index contributed by atoms with van der Waals surface area (Å²) in [5.41, 5.74) is 2.03. The van der Waals surface area contributed by atoms with Crippen molar-refractivity contribution in [2.75, 3.05) is 26.8 Å². The minimum Gasteiger partial charge on any atom is -0.383 e. The number of pyridine rings is 1. The van der Waals surface area contributed by atoms with Gasteiger partial charge >= 0.3 is 0 Å². The van der Waals surface area contributed by atoms with E-state index in [2.05, 4.69) is 4.98 Å². The fourth-order valence-corrected chi connectivity index (χ4v) is 3.47. The molecule has 4 rings (SSSR count). The summed E-state index contributed by atoms with van der Waals surface area (Å²) in [6.45, 7) is 3.75. The Labute approximate surface area is 164 Å². The average Bonchev–Trinajstić information content (AvgIpc) is 3.31. The van der Waals surface area contributed by atoms with Gasteiger partial charge in [-0.2, -0.15) is 4.68 Å². The molecule has 1 atom stereocenters. The summed E-state index contributed by atoms with van der Waals surface area (Å²) in [6, 6.07) is 13.8. The smallest absolute Gasteiger partial charge is 0.223 e. The van der Waals surface area contributed by atoms with E-state index in [-0.39, 0.29) is 11.8 Å². The first kappa shape index (κ1) is 18.3. The Morgan fingerprint density at radius 2 is 2.04 bits per heavy atom. The molecular weight excluding hydrogens is 354 g/mol. The predicted molar refractivity (Wildman–Crippen MR) is 105 cm³/mol. The molecule has 1 amide bonds. The van der Waals surface area contributed by atoms with Crippen LogP contribution in [0.25, 0.3) is 17.2 Å². The Kier molecular flexibility index (Phi) is 5.16. The lowest BCUT2D eigenvalue weighted by atomic mass is 10.1. The first-order chi connectivity index (χ1) is 13.7. The van der Waals surface area contributed by atoms with Gasteiger partial charge in [0, 0.05) is 44.3 Å². The summed E-state index contributed by atoms with van der Waals surface area (Å²) in [4.78, 5) is 23.6. The van der Waals surface area contributed by atoms with E-state index < -0.39 is 0 Å². The lowest BCUT2D eigenvalue weighted by Crippen LogP contribution is -2.28. The molecule has 144 valence electrons. The maximum Gasteiger partial charge on any atom is 0.223 e. The van der Waals surface area contributed by atoms with Crippen molar-refractivity contribution in [2.45, 2.75) is 19.3 Å². The first-order valence-corrected chi connectivity index (χ1v) is 9.38. The Morgan fingerprint density at radius 1 is 1.21 bits per heavy atom.